The van der Waals surface area contributed by atoms with Crippen molar-refractivity contribution in [3.8, 4) is 0 Å². The van der Waals surface area contributed by atoms with Gasteiger partial charge in [0, 0.05) is 59.2 Å². The number of aliphatic carboxylic acids is 1. The second-order valence-electron chi connectivity index (χ2n) is 20.9. The van der Waals surface area contributed by atoms with E-state index >= 15 is 0 Å². The summed E-state index contributed by atoms with van der Waals surface area (Å²) in [6.07, 6.45) is -1.76. The highest BCUT2D eigenvalue weighted by atomic mass is 19.4. The molecular formula is C53H82F3N9O13. The number of anilines is 1. The minimum Gasteiger partial charge on any atom is -0.475 e. The van der Waals surface area contributed by atoms with Crippen LogP contribution in [0, 0.1) is 17.8 Å². The molecule has 9 atom stereocenters. The van der Waals surface area contributed by atoms with Crippen LogP contribution in [0.25, 0.3) is 0 Å². The van der Waals surface area contributed by atoms with Crippen LogP contribution < -0.4 is 21.3 Å². The van der Waals surface area contributed by atoms with Gasteiger partial charge in [-0.2, -0.15) is 13.2 Å². The molecule has 2 heterocycles. The number of halogens is 3. The highest BCUT2D eigenvalue weighted by Gasteiger charge is 2.44. The van der Waals surface area contributed by atoms with Crippen LogP contribution in [0.4, 0.5) is 18.9 Å². The second-order valence-corrected chi connectivity index (χ2v) is 20.9. The average molecular weight is 1110 g/mol. The maximum absolute atomic E-state index is 14.4. The lowest BCUT2D eigenvalue weighted by molar-refractivity contribution is -0.192. The van der Waals surface area contributed by atoms with Crippen molar-refractivity contribution in [3.63, 3.8) is 0 Å². The van der Waals surface area contributed by atoms with E-state index in [0.717, 1.165) is 29.0 Å². The van der Waals surface area contributed by atoms with Crippen LogP contribution in [0.5, 0.6) is 0 Å². The summed E-state index contributed by atoms with van der Waals surface area (Å²) in [5.74, 6) is -7.66. The molecule has 78 heavy (non-hydrogen) atoms. The van der Waals surface area contributed by atoms with Crippen molar-refractivity contribution in [2.45, 2.75) is 149 Å². The molecule has 1 aromatic carbocycles. The fourth-order valence-electron chi connectivity index (χ4n) is 8.85. The summed E-state index contributed by atoms with van der Waals surface area (Å²) in [5.41, 5.74) is 0.440. The van der Waals surface area contributed by atoms with Gasteiger partial charge in [-0.3, -0.25) is 53.0 Å². The topological polar surface area (TPSA) is 274 Å². The van der Waals surface area contributed by atoms with Crippen LogP contribution in [0.15, 0.2) is 36.4 Å². The maximum Gasteiger partial charge on any atom is 0.490 e. The first kappa shape index (κ1) is 67.6. The van der Waals surface area contributed by atoms with Crippen LogP contribution in [0.1, 0.15) is 93.6 Å². The third-order valence-electron chi connectivity index (χ3n) is 14.4. The standard InChI is InChI=1S/C51H81N9O11.C2HF3O2/c1-16-31(4)44(58(13)49(68)43(30(2)3)55-50(69)51(8,9)56(10)11)38(70-14)28-42(64)59-25-18-21-37(59)45(71-15)32(5)48(67)57(12)26-24-35-19-17-20-36(27-35)54-47(66)34(7)53-46(65)33(6)52-39(61)29-60-40(62)22-23-41(60)63;3-2(4,5)1(6)7/h17,19-20,22-23,27,30-34,37-38,43-45H,16,18,21,24-26,28-29H2,1-15H3,(H,52,61)(H,53,65)(H,54,66)(H,55,69);(H,6,7)/t31-,32+,33-,34-,37-,38+,43-,44-,45+;/m0./s1. The Kier molecular flexibility index (Phi) is 26.1. The average Bonchev–Trinajstić information content (AvgIpc) is 3.98. The van der Waals surface area contributed by atoms with Crippen molar-refractivity contribution in [2.24, 2.45) is 17.8 Å². The molecule has 5 N–H and O–H groups in total. The summed E-state index contributed by atoms with van der Waals surface area (Å²) in [5, 5.41) is 17.9. The van der Waals surface area contributed by atoms with Gasteiger partial charge in [-0.05, 0) is 90.6 Å². The summed E-state index contributed by atoms with van der Waals surface area (Å²) in [6.45, 7) is 16.4. The number of alkyl halides is 3. The Morgan fingerprint density at radius 2 is 1.41 bits per heavy atom. The van der Waals surface area contributed by atoms with Gasteiger partial charge in [-0.25, -0.2) is 4.79 Å². The van der Waals surface area contributed by atoms with Crippen LogP contribution in [-0.4, -0.2) is 205 Å². The number of imide groups is 1. The Labute approximate surface area is 455 Å². The van der Waals surface area contributed by atoms with Crippen molar-refractivity contribution >= 4 is 64.8 Å². The Hall–Kier alpha value is -6.47. The van der Waals surface area contributed by atoms with Crippen molar-refractivity contribution in [1.29, 1.82) is 0 Å². The van der Waals surface area contributed by atoms with Crippen LogP contribution in [-0.2, 0) is 63.8 Å². The third-order valence-corrected chi connectivity index (χ3v) is 14.4. The molecule has 0 radical (unpaired) electrons. The number of hydrogen-bond donors (Lipinski definition) is 5. The normalized spacial score (nSPS) is 17.7. The van der Waals surface area contributed by atoms with E-state index in [2.05, 4.69) is 21.3 Å². The number of nitrogens with one attached hydrogen (secondary N) is 4. The smallest absolute Gasteiger partial charge is 0.475 e. The summed E-state index contributed by atoms with van der Waals surface area (Å²) in [7, 11) is 10.1. The molecule has 1 fully saturated rings. The van der Waals surface area contributed by atoms with Crippen molar-refractivity contribution < 1.29 is 75.7 Å². The monoisotopic (exact) mass is 1110 g/mol. The number of carbonyl (C=O) groups is 10. The van der Waals surface area contributed by atoms with Gasteiger partial charge in [0.05, 0.1) is 42.2 Å². The number of ether oxygens (including phenoxy) is 2. The van der Waals surface area contributed by atoms with E-state index in [1.165, 1.54) is 13.8 Å². The molecule has 438 valence electrons. The molecule has 22 nitrogen and oxygen atoms in total. The third kappa shape index (κ3) is 18.9. The number of benzene rings is 1. The van der Waals surface area contributed by atoms with E-state index in [4.69, 9.17) is 19.4 Å². The number of nitrogens with zero attached hydrogens (tertiary/aromatic N) is 5. The number of likely N-dealkylation sites (tertiary alicyclic amines) is 1. The first-order valence-electron chi connectivity index (χ1n) is 25.8. The van der Waals surface area contributed by atoms with Gasteiger partial charge in [0.2, 0.25) is 41.4 Å². The molecule has 9 amide bonds. The van der Waals surface area contributed by atoms with Crippen molar-refractivity contribution in [3.05, 3.63) is 42.0 Å². The molecular weight excluding hydrogens is 1030 g/mol. The molecule has 2 aliphatic heterocycles. The minimum absolute atomic E-state index is 0.0102. The number of carbonyl (C=O) groups excluding carboxylic acids is 9. The van der Waals surface area contributed by atoms with Gasteiger partial charge >= 0.3 is 12.1 Å². The predicted octanol–water partition coefficient (Wildman–Crippen LogP) is 2.60. The summed E-state index contributed by atoms with van der Waals surface area (Å²) < 4.78 is 43.8. The highest BCUT2D eigenvalue weighted by Crippen LogP contribution is 2.30. The van der Waals surface area contributed by atoms with E-state index in [1.54, 1.807) is 86.9 Å². The van der Waals surface area contributed by atoms with Gasteiger partial charge in [0.25, 0.3) is 11.8 Å². The largest absolute Gasteiger partial charge is 0.490 e. The van der Waals surface area contributed by atoms with Gasteiger partial charge in [-0.15, -0.1) is 0 Å². The van der Waals surface area contributed by atoms with Crippen LogP contribution in [0.3, 0.4) is 0 Å². The van der Waals surface area contributed by atoms with Gasteiger partial charge in [0.1, 0.15) is 24.7 Å². The molecule has 1 saturated heterocycles. The number of carboxylic acids is 1. The minimum atomic E-state index is -5.08. The van der Waals surface area contributed by atoms with E-state index in [9.17, 15) is 56.3 Å². The Morgan fingerprint density at radius 3 is 1.92 bits per heavy atom. The van der Waals surface area contributed by atoms with Crippen LogP contribution in [0.2, 0.25) is 0 Å². The SMILES string of the molecule is CC[C@H](C)[C@@H]([C@@H](CC(=O)N1CCC[C@H]1[C@H](OC)[C@@H](C)C(=O)N(C)CCc1cccc(NC(=O)[C@H](C)NC(=O)[C@H](C)NC(=O)CN2C(=O)C=CC2=O)c1)OC)N(C)C(=O)[C@@H](NC(=O)C(C)(C)N(C)C)C(C)C.O=C(O)C(F)(F)F. The fraction of sp³-hybridized carbons (Fsp3) is 0.660. The second kappa shape index (κ2) is 30.0. The Morgan fingerprint density at radius 1 is 0.833 bits per heavy atom. The number of hydrogen-bond acceptors (Lipinski definition) is 13. The highest BCUT2D eigenvalue weighted by molar-refractivity contribution is 6.14. The maximum atomic E-state index is 14.4. The molecule has 0 aromatic heterocycles. The molecule has 25 heteroatoms. The number of methoxy groups -OCH3 is 2. The lowest BCUT2D eigenvalue weighted by Gasteiger charge is -2.41. The van der Waals surface area contributed by atoms with Crippen molar-refractivity contribution in [2.75, 3.05) is 67.4 Å². The molecule has 2 aliphatic rings. The van der Waals surface area contributed by atoms with Gasteiger partial charge < -0.3 is 50.5 Å². The van der Waals surface area contributed by atoms with Gasteiger partial charge in [-0.1, -0.05) is 53.2 Å². The first-order valence-corrected chi connectivity index (χ1v) is 25.8. The number of likely N-dealkylation sites (N-methyl/N-ethyl adjacent to an activating group) is 3. The summed E-state index contributed by atoms with van der Waals surface area (Å²) in [6, 6.07) is 3.36. The van der Waals surface area contributed by atoms with E-state index in [1.807, 2.05) is 47.9 Å². The molecule has 0 bridgehead atoms. The fourth-order valence-corrected chi connectivity index (χ4v) is 8.85. The molecule has 3 rings (SSSR count). The molecule has 0 unspecified atom stereocenters. The predicted molar refractivity (Wildman–Crippen MR) is 282 cm³/mol. The summed E-state index contributed by atoms with van der Waals surface area (Å²) >= 11 is 0. The van der Waals surface area contributed by atoms with E-state index in [0.29, 0.717) is 38.0 Å². The zero-order valence-electron chi connectivity index (χ0n) is 47.6. The molecule has 0 aliphatic carbocycles. The first-order chi connectivity index (χ1) is 36.2. The Bertz CT molecular complexity index is 2310. The number of rotatable bonds is 26. The zero-order chi connectivity index (χ0) is 59.7. The lowest BCUT2D eigenvalue weighted by atomic mass is 9.89. The zero-order valence-corrected chi connectivity index (χ0v) is 47.6. The molecule has 0 saturated carbocycles. The number of amides is 9. The summed E-state index contributed by atoms with van der Waals surface area (Å²) in [4.78, 5) is 134. The van der Waals surface area contributed by atoms with Crippen LogP contribution >= 0.6 is 0 Å². The quantitative estimate of drug-likeness (QED) is 0.0835. The van der Waals surface area contributed by atoms with E-state index in [-0.39, 0.29) is 47.9 Å². The van der Waals surface area contributed by atoms with Gasteiger partial charge in [0.15, 0.2) is 0 Å². The molecule has 1 aromatic rings. The molecule has 0 spiro atoms. The van der Waals surface area contributed by atoms with Crippen molar-refractivity contribution in [1.82, 2.24) is 40.4 Å². The lowest BCUT2D eigenvalue weighted by Crippen LogP contribution is -2.61. The Balaban J connectivity index is 0.00000277. The number of carboxylic acid groups (broad SMARTS) is 1. The van der Waals surface area contributed by atoms with E-state index < -0.39 is 96.1 Å².